The summed E-state index contributed by atoms with van der Waals surface area (Å²) in [6.45, 7) is 9.89. The average molecular weight is 299 g/mol. The third-order valence-corrected chi connectivity index (χ3v) is 5.55. The number of nitrogens with one attached hydrogen (secondary N) is 1. The summed E-state index contributed by atoms with van der Waals surface area (Å²) in [6, 6.07) is 0.381. The zero-order valence-corrected chi connectivity index (χ0v) is 14.2. The Balaban J connectivity index is 2.10. The van der Waals surface area contributed by atoms with Crippen LogP contribution in [0.1, 0.15) is 52.9 Å². The predicted molar refractivity (Wildman–Crippen MR) is 84.6 cm³/mol. The Morgan fingerprint density at radius 1 is 1.29 bits per heavy atom. The van der Waals surface area contributed by atoms with Gasteiger partial charge in [0, 0.05) is 32.5 Å². The predicted octanol–water partition coefficient (Wildman–Crippen LogP) is 2.76. The largest absolute Gasteiger partial charge is 0.381 e. The highest BCUT2D eigenvalue weighted by Crippen LogP contribution is 2.41. The van der Waals surface area contributed by atoms with Gasteiger partial charge in [0.15, 0.2) is 0 Å². The van der Waals surface area contributed by atoms with Gasteiger partial charge in [-0.05, 0) is 58.9 Å². The van der Waals surface area contributed by atoms with Crippen LogP contribution in [0.15, 0.2) is 0 Å². The van der Waals surface area contributed by atoms with Crippen molar-refractivity contribution < 1.29 is 14.2 Å². The Bertz CT molecular complexity index is 312. The Labute approximate surface area is 129 Å². The average Bonchev–Trinajstić information content (AvgIpc) is 2.49. The lowest BCUT2D eigenvalue weighted by atomic mass is 9.73. The first-order valence-corrected chi connectivity index (χ1v) is 8.62. The van der Waals surface area contributed by atoms with E-state index in [1.54, 1.807) is 0 Å². The minimum absolute atomic E-state index is 0.0527. The molecule has 2 aliphatic rings. The smallest absolute Gasteiger partial charge is 0.0806 e. The molecular weight excluding hydrogens is 266 g/mol. The van der Waals surface area contributed by atoms with E-state index in [2.05, 4.69) is 33.1 Å². The molecule has 2 heterocycles. The van der Waals surface area contributed by atoms with E-state index in [0.29, 0.717) is 12.0 Å². The fraction of sp³-hybridized carbons (Fsp3) is 1.00. The maximum absolute atomic E-state index is 6.19. The normalized spacial score (nSPS) is 30.0. The molecule has 1 N–H and O–H groups in total. The highest BCUT2D eigenvalue weighted by atomic mass is 16.5. The van der Waals surface area contributed by atoms with Gasteiger partial charge in [-0.1, -0.05) is 6.92 Å². The Hall–Kier alpha value is -0.160. The van der Waals surface area contributed by atoms with Gasteiger partial charge < -0.3 is 19.5 Å². The van der Waals surface area contributed by atoms with Crippen molar-refractivity contribution in [2.75, 3.05) is 33.5 Å². The lowest BCUT2D eigenvalue weighted by Gasteiger charge is -2.49. The molecule has 3 atom stereocenters. The maximum atomic E-state index is 6.19. The van der Waals surface area contributed by atoms with Gasteiger partial charge in [0.25, 0.3) is 0 Å². The molecule has 0 aromatic carbocycles. The number of likely N-dealkylation sites (N-methyl/N-ethyl adjacent to an activating group) is 1. The van der Waals surface area contributed by atoms with Crippen LogP contribution in [0.2, 0.25) is 0 Å². The second-order valence-corrected chi connectivity index (χ2v) is 6.76. The van der Waals surface area contributed by atoms with Crippen LogP contribution >= 0.6 is 0 Å². The van der Waals surface area contributed by atoms with Crippen LogP contribution in [-0.4, -0.2) is 50.7 Å². The van der Waals surface area contributed by atoms with Crippen LogP contribution in [0.4, 0.5) is 0 Å². The van der Waals surface area contributed by atoms with Gasteiger partial charge in [0.2, 0.25) is 0 Å². The first-order chi connectivity index (χ1) is 10.1. The zero-order chi connectivity index (χ0) is 15.3. The Morgan fingerprint density at radius 3 is 2.57 bits per heavy atom. The summed E-state index contributed by atoms with van der Waals surface area (Å²) in [5, 5.41) is 3.56. The molecule has 21 heavy (non-hydrogen) atoms. The summed E-state index contributed by atoms with van der Waals surface area (Å²) in [7, 11) is 2.07. The first-order valence-electron chi connectivity index (χ1n) is 8.62. The van der Waals surface area contributed by atoms with E-state index in [-0.39, 0.29) is 11.2 Å². The highest BCUT2D eigenvalue weighted by Gasteiger charge is 2.45. The van der Waals surface area contributed by atoms with Crippen molar-refractivity contribution in [3.63, 3.8) is 0 Å². The van der Waals surface area contributed by atoms with Crippen LogP contribution in [0, 0.1) is 5.92 Å². The summed E-state index contributed by atoms with van der Waals surface area (Å²) in [5.41, 5.74) is -0.0466. The lowest BCUT2D eigenvalue weighted by Crippen LogP contribution is -2.57. The monoisotopic (exact) mass is 299 g/mol. The molecule has 0 saturated carbocycles. The van der Waals surface area contributed by atoms with E-state index in [1.807, 2.05) is 0 Å². The van der Waals surface area contributed by atoms with Crippen molar-refractivity contribution in [3.05, 3.63) is 0 Å². The summed E-state index contributed by atoms with van der Waals surface area (Å²) >= 11 is 0. The topological polar surface area (TPSA) is 39.7 Å². The van der Waals surface area contributed by atoms with Crippen molar-refractivity contribution in [2.45, 2.75) is 70.1 Å². The molecule has 0 amide bonds. The standard InChI is InChI=1S/C17H33NO3/c1-5-16(3,20-6-2)15(18-4)14-7-10-21-17(13-14)8-11-19-12-9-17/h14-15,18H,5-13H2,1-4H3. The number of hydrogen-bond donors (Lipinski definition) is 1. The fourth-order valence-electron chi connectivity index (χ4n) is 4.22. The second-order valence-electron chi connectivity index (χ2n) is 6.76. The molecule has 0 aromatic rings. The lowest BCUT2D eigenvalue weighted by molar-refractivity contribution is -0.162. The van der Waals surface area contributed by atoms with Gasteiger partial charge in [-0.25, -0.2) is 0 Å². The van der Waals surface area contributed by atoms with Gasteiger partial charge in [-0.2, -0.15) is 0 Å². The molecule has 0 aliphatic carbocycles. The molecule has 0 radical (unpaired) electrons. The highest BCUT2D eigenvalue weighted by molar-refractivity contribution is 4.98. The van der Waals surface area contributed by atoms with E-state index in [0.717, 1.165) is 58.5 Å². The summed E-state index contributed by atoms with van der Waals surface area (Å²) in [6.07, 6.45) is 5.36. The quantitative estimate of drug-likeness (QED) is 0.818. The van der Waals surface area contributed by atoms with Crippen LogP contribution in [0.25, 0.3) is 0 Å². The maximum Gasteiger partial charge on any atom is 0.0806 e. The molecule has 4 heteroatoms. The van der Waals surface area contributed by atoms with Gasteiger partial charge in [-0.15, -0.1) is 0 Å². The molecule has 2 rings (SSSR count). The van der Waals surface area contributed by atoms with Crippen LogP contribution in [0.5, 0.6) is 0 Å². The van der Waals surface area contributed by atoms with Gasteiger partial charge in [0.05, 0.1) is 11.2 Å². The van der Waals surface area contributed by atoms with Gasteiger partial charge in [-0.3, -0.25) is 0 Å². The molecule has 2 aliphatic heterocycles. The van der Waals surface area contributed by atoms with E-state index in [1.165, 1.54) is 0 Å². The summed E-state index contributed by atoms with van der Waals surface area (Å²) in [4.78, 5) is 0. The minimum Gasteiger partial charge on any atom is -0.381 e. The van der Waals surface area contributed by atoms with E-state index in [9.17, 15) is 0 Å². The van der Waals surface area contributed by atoms with E-state index < -0.39 is 0 Å². The van der Waals surface area contributed by atoms with E-state index in [4.69, 9.17) is 14.2 Å². The van der Waals surface area contributed by atoms with Gasteiger partial charge in [0.1, 0.15) is 0 Å². The molecular formula is C17H33NO3. The number of ether oxygens (including phenoxy) is 3. The van der Waals surface area contributed by atoms with Crippen molar-refractivity contribution in [2.24, 2.45) is 5.92 Å². The van der Waals surface area contributed by atoms with E-state index >= 15 is 0 Å². The molecule has 4 nitrogen and oxygen atoms in total. The first kappa shape index (κ1) is 17.2. The molecule has 1 spiro atoms. The third-order valence-electron chi connectivity index (χ3n) is 5.55. The Kier molecular flexibility index (Phi) is 6.06. The summed E-state index contributed by atoms with van der Waals surface area (Å²) < 4.78 is 17.8. The number of rotatable bonds is 6. The molecule has 2 fully saturated rings. The minimum atomic E-state index is -0.0993. The molecule has 0 bridgehead atoms. The Morgan fingerprint density at radius 2 is 2.00 bits per heavy atom. The van der Waals surface area contributed by atoms with Crippen molar-refractivity contribution in [3.8, 4) is 0 Å². The summed E-state index contributed by atoms with van der Waals surface area (Å²) in [5.74, 6) is 0.610. The number of hydrogen-bond acceptors (Lipinski definition) is 4. The van der Waals surface area contributed by atoms with Crippen LogP contribution in [0.3, 0.4) is 0 Å². The van der Waals surface area contributed by atoms with Crippen LogP contribution < -0.4 is 5.32 Å². The fourth-order valence-corrected chi connectivity index (χ4v) is 4.22. The van der Waals surface area contributed by atoms with Crippen molar-refractivity contribution in [1.82, 2.24) is 5.32 Å². The van der Waals surface area contributed by atoms with Crippen molar-refractivity contribution >= 4 is 0 Å². The second kappa shape index (κ2) is 7.40. The molecule has 0 aromatic heterocycles. The van der Waals surface area contributed by atoms with Gasteiger partial charge >= 0.3 is 0 Å². The SMILES string of the molecule is CCOC(C)(CC)C(NC)C1CCOC2(CCOCC2)C1. The molecule has 2 saturated heterocycles. The van der Waals surface area contributed by atoms with Crippen molar-refractivity contribution in [1.29, 1.82) is 0 Å². The molecule has 124 valence electrons. The molecule has 3 unspecified atom stereocenters. The van der Waals surface area contributed by atoms with Crippen LogP contribution in [-0.2, 0) is 14.2 Å². The zero-order valence-electron chi connectivity index (χ0n) is 14.2. The third kappa shape index (κ3) is 3.79.